The average molecular weight is 250 g/mol. The Bertz CT molecular complexity index is 352. The van der Waals surface area contributed by atoms with E-state index in [-0.39, 0.29) is 5.16 Å². The van der Waals surface area contributed by atoms with Gasteiger partial charge in [-0.2, -0.15) is 0 Å². The van der Waals surface area contributed by atoms with Crippen LogP contribution in [0.15, 0.2) is 35.3 Å². The fourth-order valence-corrected chi connectivity index (χ4v) is 3.07. The first-order chi connectivity index (χ1) is 8.16. The Kier molecular flexibility index (Phi) is 5.54. The minimum Gasteiger partial charge on any atom is -0.395 e. The summed E-state index contributed by atoms with van der Waals surface area (Å²) in [6.07, 6.45) is 2.79. The molecule has 0 aliphatic rings. The molecule has 1 aromatic rings. The van der Waals surface area contributed by atoms with E-state index in [2.05, 4.69) is 18.8 Å². The van der Waals surface area contributed by atoms with Gasteiger partial charge in [-0.25, -0.2) is 0 Å². The Balaban J connectivity index is 2.85. The van der Waals surface area contributed by atoms with Gasteiger partial charge in [-0.3, -0.25) is 4.99 Å². The van der Waals surface area contributed by atoms with E-state index in [1.54, 1.807) is 14.2 Å². The topological polar surface area (TPSA) is 30.8 Å². The van der Waals surface area contributed by atoms with E-state index in [9.17, 15) is 0 Å². The van der Waals surface area contributed by atoms with Crippen LogP contribution in [0.2, 0.25) is 0 Å². The van der Waals surface area contributed by atoms with Crippen LogP contribution in [-0.2, 0) is 8.85 Å². The van der Waals surface area contributed by atoms with Gasteiger partial charge >= 0.3 is 9.28 Å². The zero-order valence-electron chi connectivity index (χ0n) is 10.9. The van der Waals surface area contributed by atoms with E-state index in [0.717, 1.165) is 12.0 Å². The molecule has 1 rings (SSSR count). The van der Waals surface area contributed by atoms with Crippen molar-refractivity contribution in [2.75, 3.05) is 14.2 Å². The Labute approximate surface area is 105 Å². The zero-order valence-corrected chi connectivity index (χ0v) is 11.9. The standard InChI is InChI=1S/C13H20NO2Si/c1-5-13(2,17(15-3)16-4)14-11-12-9-7-6-8-10-12/h6-11H,5H2,1-4H3. The van der Waals surface area contributed by atoms with Crippen molar-refractivity contribution < 1.29 is 8.85 Å². The van der Waals surface area contributed by atoms with Crippen LogP contribution in [0.25, 0.3) is 0 Å². The summed E-state index contributed by atoms with van der Waals surface area (Å²) in [6, 6.07) is 10.1. The molecular formula is C13H20NO2Si. The maximum absolute atomic E-state index is 5.41. The van der Waals surface area contributed by atoms with Crippen molar-refractivity contribution in [2.45, 2.75) is 25.4 Å². The van der Waals surface area contributed by atoms with Gasteiger partial charge in [0.25, 0.3) is 0 Å². The van der Waals surface area contributed by atoms with Crippen LogP contribution in [0, 0.1) is 0 Å². The second-order valence-electron chi connectivity index (χ2n) is 3.99. The Morgan fingerprint density at radius 3 is 2.29 bits per heavy atom. The van der Waals surface area contributed by atoms with E-state index in [1.165, 1.54) is 0 Å². The lowest BCUT2D eigenvalue weighted by Gasteiger charge is -2.27. The molecule has 0 aromatic heterocycles. The summed E-state index contributed by atoms with van der Waals surface area (Å²) in [7, 11) is 1.99. The molecule has 1 aromatic carbocycles. The largest absolute Gasteiger partial charge is 0.414 e. The van der Waals surface area contributed by atoms with Crippen LogP contribution in [0.3, 0.4) is 0 Å². The van der Waals surface area contributed by atoms with Crippen LogP contribution in [0.1, 0.15) is 25.8 Å². The predicted octanol–water partition coefficient (Wildman–Crippen LogP) is 2.59. The Hall–Kier alpha value is -0.973. The number of hydrogen-bond acceptors (Lipinski definition) is 3. The predicted molar refractivity (Wildman–Crippen MR) is 72.5 cm³/mol. The number of benzene rings is 1. The first kappa shape index (κ1) is 14.1. The quantitative estimate of drug-likeness (QED) is 0.574. The molecule has 0 N–H and O–H groups in total. The normalized spacial score (nSPS) is 15.4. The SMILES string of the molecule is CCC(C)(N=Cc1ccccc1)[Si](OC)OC. The molecule has 0 aliphatic heterocycles. The van der Waals surface area contributed by atoms with Crippen molar-refractivity contribution in [2.24, 2.45) is 4.99 Å². The molecule has 1 atom stereocenters. The van der Waals surface area contributed by atoms with E-state index in [0.29, 0.717) is 0 Å². The lowest BCUT2D eigenvalue weighted by Crippen LogP contribution is -2.44. The first-order valence-electron chi connectivity index (χ1n) is 5.72. The molecule has 17 heavy (non-hydrogen) atoms. The summed E-state index contributed by atoms with van der Waals surface area (Å²) in [5, 5.41) is -0.260. The second-order valence-corrected chi connectivity index (χ2v) is 6.46. The first-order valence-corrected chi connectivity index (χ1v) is 7.03. The lowest BCUT2D eigenvalue weighted by molar-refractivity contribution is 0.245. The highest BCUT2D eigenvalue weighted by Crippen LogP contribution is 2.20. The maximum Gasteiger partial charge on any atom is 0.414 e. The third-order valence-corrected chi connectivity index (χ3v) is 4.90. The van der Waals surface area contributed by atoms with Gasteiger partial charge in [-0.05, 0) is 18.9 Å². The molecule has 0 heterocycles. The molecule has 1 unspecified atom stereocenters. The monoisotopic (exact) mass is 250 g/mol. The summed E-state index contributed by atoms with van der Waals surface area (Å²) in [5.41, 5.74) is 1.10. The molecule has 4 heteroatoms. The average Bonchev–Trinajstić information content (AvgIpc) is 2.39. The molecule has 0 aliphatic carbocycles. The molecule has 1 radical (unpaired) electrons. The maximum atomic E-state index is 5.41. The van der Waals surface area contributed by atoms with Gasteiger partial charge in [-0.1, -0.05) is 37.3 Å². The van der Waals surface area contributed by atoms with Crippen LogP contribution in [-0.4, -0.2) is 34.9 Å². The van der Waals surface area contributed by atoms with E-state index in [1.807, 2.05) is 36.5 Å². The Morgan fingerprint density at radius 2 is 1.82 bits per heavy atom. The van der Waals surface area contributed by atoms with Crippen LogP contribution in [0.4, 0.5) is 0 Å². The highest BCUT2D eigenvalue weighted by molar-refractivity contribution is 6.48. The van der Waals surface area contributed by atoms with Gasteiger partial charge in [-0.15, -0.1) is 0 Å². The van der Waals surface area contributed by atoms with E-state index < -0.39 is 9.28 Å². The molecule has 0 amide bonds. The molecule has 0 saturated heterocycles. The van der Waals surface area contributed by atoms with E-state index >= 15 is 0 Å². The summed E-state index contributed by atoms with van der Waals surface area (Å²) in [4.78, 5) is 4.66. The summed E-state index contributed by atoms with van der Waals surface area (Å²) in [5.74, 6) is 0. The van der Waals surface area contributed by atoms with Gasteiger partial charge in [0.2, 0.25) is 0 Å². The van der Waals surface area contributed by atoms with Crippen molar-refractivity contribution in [1.29, 1.82) is 0 Å². The van der Waals surface area contributed by atoms with Crippen molar-refractivity contribution >= 4 is 15.5 Å². The number of hydrogen-bond donors (Lipinski definition) is 0. The van der Waals surface area contributed by atoms with Crippen molar-refractivity contribution in [3.63, 3.8) is 0 Å². The van der Waals surface area contributed by atoms with Gasteiger partial charge in [0.15, 0.2) is 0 Å². The summed E-state index contributed by atoms with van der Waals surface area (Å²) < 4.78 is 10.8. The van der Waals surface area contributed by atoms with Gasteiger partial charge in [0.05, 0.1) is 0 Å². The van der Waals surface area contributed by atoms with E-state index in [4.69, 9.17) is 8.85 Å². The highest BCUT2D eigenvalue weighted by atomic mass is 28.3. The fraction of sp³-hybridized carbons (Fsp3) is 0.462. The Morgan fingerprint density at radius 1 is 1.24 bits per heavy atom. The number of aliphatic imine (C=N–C) groups is 1. The highest BCUT2D eigenvalue weighted by Gasteiger charge is 2.37. The van der Waals surface area contributed by atoms with Gasteiger partial charge in [0, 0.05) is 20.4 Å². The summed E-state index contributed by atoms with van der Waals surface area (Å²) in [6.45, 7) is 4.18. The van der Waals surface area contributed by atoms with Crippen LogP contribution < -0.4 is 0 Å². The zero-order chi connectivity index (χ0) is 12.7. The van der Waals surface area contributed by atoms with Crippen LogP contribution >= 0.6 is 0 Å². The van der Waals surface area contributed by atoms with Crippen molar-refractivity contribution in [1.82, 2.24) is 0 Å². The third kappa shape index (κ3) is 3.76. The smallest absolute Gasteiger partial charge is 0.395 e. The molecule has 3 nitrogen and oxygen atoms in total. The molecule has 93 valence electrons. The number of nitrogens with zero attached hydrogens (tertiary/aromatic N) is 1. The second kappa shape index (κ2) is 6.69. The van der Waals surface area contributed by atoms with Gasteiger partial charge < -0.3 is 8.85 Å². The summed E-state index contributed by atoms with van der Waals surface area (Å²) >= 11 is 0. The number of rotatable bonds is 6. The van der Waals surface area contributed by atoms with Gasteiger partial charge in [0.1, 0.15) is 5.16 Å². The fourth-order valence-electron chi connectivity index (χ4n) is 1.57. The lowest BCUT2D eigenvalue weighted by atomic mass is 10.2. The molecular weight excluding hydrogens is 230 g/mol. The van der Waals surface area contributed by atoms with Crippen LogP contribution in [0.5, 0.6) is 0 Å². The van der Waals surface area contributed by atoms with Crippen molar-refractivity contribution in [3.05, 3.63) is 35.9 Å². The van der Waals surface area contributed by atoms with Crippen molar-refractivity contribution in [3.8, 4) is 0 Å². The minimum absolute atomic E-state index is 0.260. The molecule has 0 saturated carbocycles. The molecule has 0 bridgehead atoms. The minimum atomic E-state index is -1.38. The molecule has 0 fully saturated rings. The third-order valence-electron chi connectivity index (χ3n) is 2.80. The molecule has 0 spiro atoms.